The zero-order valence-electron chi connectivity index (χ0n) is 24.1. The maximum absolute atomic E-state index is 13.8. The Morgan fingerprint density at radius 2 is 1.80 bits per heavy atom. The zero-order chi connectivity index (χ0) is 30.7. The van der Waals surface area contributed by atoms with Gasteiger partial charge in [0.25, 0.3) is 0 Å². The minimum Gasteiger partial charge on any atom is -0.404 e. The van der Waals surface area contributed by atoms with Gasteiger partial charge in [-0.05, 0) is 73.6 Å². The summed E-state index contributed by atoms with van der Waals surface area (Å²) >= 11 is 0. The second-order valence-corrected chi connectivity index (χ2v) is 13.1. The second-order valence-electron chi connectivity index (χ2n) is 11.9. The molecule has 12 nitrogen and oxygen atoms in total. The number of nitrogens with zero attached hydrogens (tertiary/aromatic N) is 1. The van der Waals surface area contributed by atoms with E-state index >= 15 is 0 Å². The Morgan fingerprint density at radius 3 is 2.37 bits per heavy atom. The molecule has 0 aromatic heterocycles. The lowest BCUT2D eigenvalue weighted by molar-refractivity contribution is -0.142. The predicted octanol–water partition coefficient (Wildman–Crippen LogP) is 2.10. The summed E-state index contributed by atoms with van der Waals surface area (Å²) in [5.41, 5.74) is 6.28. The summed E-state index contributed by atoms with van der Waals surface area (Å²) in [5, 5.41) is 5.75. The average Bonchev–Trinajstić information content (AvgIpc) is 3.40. The van der Waals surface area contributed by atoms with E-state index in [2.05, 4.69) is 22.1 Å². The number of likely N-dealkylation sites (tertiary alicyclic amines) is 1. The topological polar surface area (TPSA) is 188 Å². The van der Waals surface area contributed by atoms with Gasteiger partial charge >= 0.3 is 7.82 Å². The smallest absolute Gasteiger partial charge is 0.404 e. The van der Waals surface area contributed by atoms with Crippen molar-refractivity contribution < 1.29 is 38.1 Å². The number of hydrogen-bond acceptors (Lipinski definition) is 6. The SMILES string of the molecule is C/C(=C\C(=O)N[C@@H](CC(C)C)C(=O)N1CC2(C)C[C@H]2[C@H]1C(=O)N[C@H](C)CCC(N)=O)c1ccc(OP(=O)(O)O)cc1. The molecular weight excluding hydrogens is 551 g/mol. The van der Waals surface area contributed by atoms with Crippen LogP contribution in [0.25, 0.3) is 5.57 Å². The molecule has 0 radical (unpaired) electrons. The van der Waals surface area contributed by atoms with E-state index in [4.69, 9.17) is 15.5 Å². The number of phosphoric ester groups is 1. The first-order valence-corrected chi connectivity index (χ1v) is 15.3. The molecule has 1 aliphatic heterocycles. The summed E-state index contributed by atoms with van der Waals surface area (Å²) in [5.74, 6) is -1.39. The molecule has 1 aromatic rings. The highest BCUT2D eigenvalue weighted by molar-refractivity contribution is 7.46. The van der Waals surface area contributed by atoms with Gasteiger partial charge in [0.05, 0.1) is 0 Å². The normalized spacial score (nSPS) is 23.4. The predicted molar refractivity (Wildman–Crippen MR) is 152 cm³/mol. The van der Waals surface area contributed by atoms with E-state index in [9.17, 15) is 23.7 Å². The fourth-order valence-electron chi connectivity index (χ4n) is 5.42. The molecule has 226 valence electrons. The molecule has 0 spiro atoms. The number of fused-ring (bicyclic) bond motifs is 1. The highest BCUT2D eigenvalue weighted by Gasteiger charge is 2.65. The van der Waals surface area contributed by atoms with Crippen LogP contribution < -0.4 is 20.9 Å². The third-order valence-electron chi connectivity index (χ3n) is 7.64. The Balaban J connectivity index is 1.72. The Labute approximate surface area is 240 Å². The lowest BCUT2D eigenvalue weighted by atomic mass is 10.0. The van der Waals surface area contributed by atoms with Gasteiger partial charge in [0.1, 0.15) is 17.8 Å². The largest absolute Gasteiger partial charge is 0.524 e. The summed E-state index contributed by atoms with van der Waals surface area (Å²) in [7, 11) is -4.68. The van der Waals surface area contributed by atoms with Gasteiger partial charge in [-0.15, -0.1) is 0 Å². The first-order valence-electron chi connectivity index (χ1n) is 13.7. The summed E-state index contributed by atoms with van der Waals surface area (Å²) in [6.45, 7) is 9.87. The van der Waals surface area contributed by atoms with E-state index in [0.717, 1.165) is 6.42 Å². The summed E-state index contributed by atoms with van der Waals surface area (Å²) in [6, 6.07) is 4.11. The number of allylic oxidation sites excluding steroid dienone is 1. The van der Waals surface area contributed by atoms with Crippen LogP contribution >= 0.6 is 7.82 Å². The summed E-state index contributed by atoms with van der Waals surface area (Å²) in [6.07, 6.45) is 3.13. The number of carbonyl (C=O) groups is 4. The molecule has 1 aromatic carbocycles. The van der Waals surface area contributed by atoms with Gasteiger partial charge in [-0.25, -0.2) is 4.57 Å². The molecule has 1 aliphatic carbocycles. The lowest BCUT2D eigenvalue weighted by Crippen LogP contribution is -2.56. The second kappa shape index (κ2) is 12.8. The monoisotopic (exact) mass is 592 g/mol. The Kier molecular flexibility index (Phi) is 10.0. The molecule has 13 heteroatoms. The molecule has 5 atom stereocenters. The molecule has 4 amide bonds. The summed E-state index contributed by atoms with van der Waals surface area (Å²) in [4.78, 5) is 70.8. The number of amides is 4. The van der Waals surface area contributed by atoms with Crippen LogP contribution in [-0.2, 0) is 23.7 Å². The Morgan fingerprint density at radius 1 is 1.17 bits per heavy atom. The van der Waals surface area contributed by atoms with Crippen molar-refractivity contribution in [3.8, 4) is 5.75 Å². The lowest BCUT2D eigenvalue weighted by Gasteiger charge is -2.32. The fourth-order valence-corrected chi connectivity index (χ4v) is 5.82. The number of carbonyl (C=O) groups excluding carboxylic acids is 4. The van der Waals surface area contributed by atoms with Crippen LogP contribution in [0.4, 0.5) is 0 Å². The number of rotatable bonds is 13. The van der Waals surface area contributed by atoms with Gasteiger partial charge in [0.15, 0.2) is 0 Å². The number of benzene rings is 1. The van der Waals surface area contributed by atoms with E-state index < -0.39 is 31.7 Å². The minimum absolute atomic E-state index is 0.0138. The van der Waals surface area contributed by atoms with Crippen LogP contribution in [-0.4, -0.2) is 63.0 Å². The molecule has 0 bridgehead atoms. The van der Waals surface area contributed by atoms with Crippen molar-refractivity contribution >= 4 is 37.0 Å². The van der Waals surface area contributed by atoms with Gasteiger partial charge < -0.3 is 25.8 Å². The quantitative estimate of drug-likeness (QED) is 0.170. The first-order chi connectivity index (χ1) is 19.0. The average molecular weight is 593 g/mol. The van der Waals surface area contributed by atoms with Crippen LogP contribution in [0, 0.1) is 17.3 Å². The van der Waals surface area contributed by atoms with Crippen molar-refractivity contribution in [2.45, 2.75) is 78.4 Å². The third kappa shape index (κ3) is 8.89. The van der Waals surface area contributed by atoms with Gasteiger partial charge in [0.2, 0.25) is 23.6 Å². The van der Waals surface area contributed by atoms with E-state index in [1.807, 2.05) is 13.8 Å². The molecule has 1 saturated heterocycles. The van der Waals surface area contributed by atoms with Gasteiger partial charge in [0, 0.05) is 25.1 Å². The number of piperidine rings is 1. The number of hydrogen-bond donors (Lipinski definition) is 5. The maximum Gasteiger partial charge on any atom is 0.524 e. The van der Waals surface area contributed by atoms with Crippen molar-refractivity contribution in [2.24, 2.45) is 23.0 Å². The van der Waals surface area contributed by atoms with E-state index in [1.54, 1.807) is 30.9 Å². The van der Waals surface area contributed by atoms with Crippen LogP contribution in [0.15, 0.2) is 30.3 Å². The van der Waals surface area contributed by atoms with Crippen molar-refractivity contribution in [3.05, 3.63) is 35.9 Å². The van der Waals surface area contributed by atoms with Crippen LogP contribution in [0.2, 0.25) is 0 Å². The third-order valence-corrected chi connectivity index (χ3v) is 8.09. The van der Waals surface area contributed by atoms with Gasteiger partial charge in [-0.1, -0.05) is 32.9 Å². The molecule has 2 fully saturated rings. The van der Waals surface area contributed by atoms with E-state index in [1.165, 1.54) is 18.2 Å². The van der Waals surface area contributed by atoms with Crippen molar-refractivity contribution in [2.75, 3.05) is 6.54 Å². The Bertz CT molecular complexity index is 1240. The summed E-state index contributed by atoms with van der Waals surface area (Å²) < 4.78 is 15.6. The molecular formula is C28H41N4O8P. The van der Waals surface area contributed by atoms with Crippen LogP contribution in [0.3, 0.4) is 0 Å². The van der Waals surface area contributed by atoms with Crippen LogP contribution in [0.1, 0.15) is 65.9 Å². The minimum atomic E-state index is -4.68. The van der Waals surface area contributed by atoms with Crippen LogP contribution in [0.5, 0.6) is 5.75 Å². The standard InChI is InChI=1S/C28H41N4O8P/c1-16(2)12-22(31-24(34)13-17(3)19-7-9-20(10-8-19)40-41(37,38)39)27(36)32-15-28(5)14-21(28)25(32)26(35)30-18(4)6-11-23(29)33/h7-10,13,16,18,21-22,25H,6,11-12,14-15H2,1-5H3,(H2,29,33)(H,30,35)(H,31,34)(H2,37,38,39)/b17-13+/t18-,21+,22+,25+,28?/m1/s1. The van der Waals surface area contributed by atoms with Crippen molar-refractivity contribution in [1.82, 2.24) is 15.5 Å². The molecule has 1 saturated carbocycles. The van der Waals surface area contributed by atoms with Crippen molar-refractivity contribution in [3.63, 3.8) is 0 Å². The molecule has 1 unspecified atom stereocenters. The van der Waals surface area contributed by atoms with E-state index in [0.29, 0.717) is 30.5 Å². The fraction of sp³-hybridized carbons (Fsp3) is 0.571. The number of nitrogens with one attached hydrogen (secondary N) is 2. The van der Waals surface area contributed by atoms with Gasteiger partial charge in [-0.3, -0.25) is 29.0 Å². The molecule has 6 N–H and O–H groups in total. The zero-order valence-corrected chi connectivity index (χ0v) is 25.0. The van der Waals surface area contributed by atoms with Crippen molar-refractivity contribution in [1.29, 1.82) is 0 Å². The van der Waals surface area contributed by atoms with Gasteiger partial charge in [-0.2, -0.15) is 0 Å². The molecule has 41 heavy (non-hydrogen) atoms. The number of nitrogens with two attached hydrogens (primary N) is 1. The van der Waals surface area contributed by atoms with E-state index in [-0.39, 0.29) is 47.3 Å². The number of primary amides is 1. The Hall–Kier alpha value is -3.21. The molecule has 2 aliphatic rings. The highest BCUT2D eigenvalue weighted by Crippen LogP contribution is 2.60. The number of phosphoric acid groups is 1. The molecule has 3 rings (SSSR count). The first kappa shape index (κ1) is 32.3. The maximum atomic E-state index is 13.8. The molecule has 1 heterocycles. The highest BCUT2D eigenvalue weighted by atomic mass is 31.2.